The van der Waals surface area contributed by atoms with Crippen LogP contribution in [0.3, 0.4) is 0 Å². The molecule has 0 unspecified atom stereocenters. The van der Waals surface area contributed by atoms with Gasteiger partial charge in [-0.15, -0.1) is 0 Å². The number of non-ortho nitro benzene ring substituents is 1. The van der Waals surface area contributed by atoms with Crippen LogP contribution in [0.2, 0.25) is 0 Å². The second kappa shape index (κ2) is 8.14. The Labute approximate surface area is 190 Å². The highest BCUT2D eigenvalue weighted by atomic mass is 16.7. The van der Waals surface area contributed by atoms with Crippen molar-refractivity contribution in [1.29, 1.82) is 0 Å². The highest BCUT2D eigenvalue weighted by molar-refractivity contribution is 6.07. The number of carbonyl (C=O) groups excluding carboxylic acids is 2. The summed E-state index contributed by atoms with van der Waals surface area (Å²) in [6.45, 7) is 2.13. The van der Waals surface area contributed by atoms with Gasteiger partial charge in [0.2, 0.25) is 5.91 Å². The van der Waals surface area contributed by atoms with Crippen molar-refractivity contribution in [2.45, 2.75) is 25.6 Å². The third-order valence-electron chi connectivity index (χ3n) is 6.10. The minimum atomic E-state index is -0.994. The van der Waals surface area contributed by atoms with Crippen LogP contribution >= 0.6 is 0 Å². The Hall–Kier alpha value is -4.04. The number of amides is 2. The van der Waals surface area contributed by atoms with E-state index in [4.69, 9.17) is 4.84 Å². The van der Waals surface area contributed by atoms with Crippen LogP contribution in [0.25, 0.3) is 0 Å². The molecule has 5 rings (SSSR count). The fourth-order valence-electron chi connectivity index (χ4n) is 4.46. The van der Waals surface area contributed by atoms with Crippen LogP contribution < -0.4 is 5.06 Å². The molecule has 2 amide bonds. The van der Waals surface area contributed by atoms with Crippen LogP contribution in [0.5, 0.6) is 0 Å². The van der Waals surface area contributed by atoms with Crippen molar-refractivity contribution >= 4 is 23.2 Å². The number of fused-ring (bicyclic) bond motifs is 1. The van der Waals surface area contributed by atoms with Crippen molar-refractivity contribution in [3.63, 3.8) is 0 Å². The van der Waals surface area contributed by atoms with E-state index in [0.717, 1.165) is 16.7 Å². The van der Waals surface area contributed by atoms with Gasteiger partial charge in [0.1, 0.15) is 5.92 Å². The third-order valence-corrected chi connectivity index (χ3v) is 6.10. The molecular weight excluding hydrogens is 422 g/mol. The second-order valence-corrected chi connectivity index (χ2v) is 8.26. The van der Waals surface area contributed by atoms with Gasteiger partial charge < -0.3 is 0 Å². The van der Waals surface area contributed by atoms with Crippen molar-refractivity contribution in [1.82, 2.24) is 4.90 Å². The Morgan fingerprint density at radius 2 is 1.67 bits per heavy atom. The number of carbonyl (C=O) groups is 2. The molecule has 33 heavy (non-hydrogen) atoms. The lowest BCUT2D eigenvalue weighted by Gasteiger charge is -2.28. The Bertz CT molecular complexity index is 1230. The lowest BCUT2D eigenvalue weighted by molar-refractivity contribution is -0.384. The molecule has 0 aliphatic carbocycles. The van der Waals surface area contributed by atoms with Crippen molar-refractivity contribution in [3.05, 3.63) is 106 Å². The number of benzene rings is 3. The molecule has 2 aliphatic heterocycles. The van der Waals surface area contributed by atoms with Gasteiger partial charge in [0, 0.05) is 12.1 Å². The van der Waals surface area contributed by atoms with E-state index >= 15 is 0 Å². The number of nitrogens with zero attached hydrogens (tertiary/aromatic N) is 3. The number of nitro groups is 1. The Morgan fingerprint density at radius 3 is 2.36 bits per heavy atom. The van der Waals surface area contributed by atoms with Gasteiger partial charge in [-0.3, -0.25) is 29.4 Å². The van der Waals surface area contributed by atoms with Gasteiger partial charge in [0.15, 0.2) is 6.10 Å². The van der Waals surface area contributed by atoms with Crippen LogP contribution in [-0.4, -0.2) is 27.7 Å². The topological polar surface area (TPSA) is 93.0 Å². The first kappa shape index (κ1) is 20.8. The second-order valence-electron chi connectivity index (χ2n) is 8.26. The molecule has 2 aliphatic rings. The maximum atomic E-state index is 13.5. The highest BCUT2D eigenvalue weighted by Crippen LogP contribution is 2.47. The van der Waals surface area contributed by atoms with E-state index in [1.54, 1.807) is 12.1 Å². The fourth-order valence-corrected chi connectivity index (χ4v) is 4.46. The van der Waals surface area contributed by atoms with Gasteiger partial charge in [0.25, 0.3) is 11.6 Å². The lowest BCUT2D eigenvalue weighted by Crippen LogP contribution is -2.37. The minimum Gasteiger partial charge on any atom is -0.275 e. The lowest BCUT2D eigenvalue weighted by atomic mass is 9.90. The molecule has 8 heteroatoms. The summed E-state index contributed by atoms with van der Waals surface area (Å²) in [5, 5.41) is 12.8. The Balaban J connectivity index is 1.54. The standard InChI is InChI=1S/C25H21N3O5/c1-16-10-12-18(13-11-16)22-21-23(33-27(22)19-8-5-9-20(14-19)28(31)32)25(30)26(24(21)29)15-17-6-3-2-4-7-17/h2-14,21-23H,15H2,1H3/t21-,22+,23-/m1/s1. The van der Waals surface area contributed by atoms with Crippen molar-refractivity contribution in [2.24, 2.45) is 5.92 Å². The monoisotopic (exact) mass is 443 g/mol. The number of nitro benzene ring substituents is 1. The van der Waals surface area contributed by atoms with Gasteiger partial charge >= 0.3 is 0 Å². The number of likely N-dealkylation sites (tertiary alicyclic amines) is 1. The van der Waals surface area contributed by atoms with Crippen molar-refractivity contribution in [2.75, 3.05) is 5.06 Å². The molecule has 0 radical (unpaired) electrons. The van der Waals surface area contributed by atoms with E-state index in [9.17, 15) is 19.7 Å². The molecule has 0 bridgehead atoms. The molecule has 0 saturated carbocycles. The Morgan fingerprint density at radius 1 is 0.939 bits per heavy atom. The normalized spacial score (nSPS) is 22.0. The maximum absolute atomic E-state index is 13.5. The fraction of sp³-hybridized carbons (Fsp3) is 0.200. The number of anilines is 1. The molecule has 166 valence electrons. The molecule has 3 aromatic carbocycles. The summed E-state index contributed by atoms with van der Waals surface area (Å²) in [5.74, 6) is -1.48. The van der Waals surface area contributed by atoms with Crippen LogP contribution in [0.15, 0.2) is 78.9 Å². The van der Waals surface area contributed by atoms with Crippen LogP contribution in [-0.2, 0) is 21.0 Å². The van der Waals surface area contributed by atoms with E-state index in [1.807, 2.05) is 61.5 Å². The summed E-state index contributed by atoms with van der Waals surface area (Å²) in [5.41, 5.74) is 3.01. The molecular formula is C25H21N3O5. The minimum absolute atomic E-state index is 0.0980. The van der Waals surface area contributed by atoms with Crippen molar-refractivity contribution < 1.29 is 19.3 Å². The summed E-state index contributed by atoms with van der Waals surface area (Å²) in [6.07, 6.45) is -0.994. The molecule has 0 spiro atoms. The zero-order chi connectivity index (χ0) is 23.1. The summed E-state index contributed by atoms with van der Waals surface area (Å²) < 4.78 is 0. The average Bonchev–Trinajstić information content (AvgIpc) is 3.32. The van der Waals surface area contributed by atoms with E-state index in [0.29, 0.717) is 5.69 Å². The number of rotatable bonds is 5. The molecule has 2 fully saturated rings. The van der Waals surface area contributed by atoms with Gasteiger partial charge in [0.05, 0.1) is 23.2 Å². The van der Waals surface area contributed by atoms with E-state index in [1.165, 1.54) is 22.1 Å². The Kier molecular flexibility index (Phi) is 5.14. The average molecular weight is 443 g/mol. The number of hydrogen-bond acceptors (Lipinski definition) is 6. The number of aryl methyl sites for hydroxylation is 1. The quantitative estimate of drug-likeness (QED) is 0.337. The summed E-state index contributed by atoms with van der Waals surface area (Å²) in [6, 6.07) is 22.4. The van der Waals surface area contributed by atoms with Crippen molar-refractivity contribution in [3.8, 4) is 0 Å². The predicted octanol–water partition coefficient (Wildman–Crippen LogP) is 3.95. The highest BCUT2D eigenvalue weighted by Gasteiger charge is 2.59. The van der Waals surface area contributed by atoms with Crippen LogP contribution in [0.1, 0.15) is 22.7 Å². The summed E-state index contributed by atoms with van der Waals surface area (Å²) >= 11 is 0. The van der Waals surface area contributed by atoms with Gasteiger partial charge in [-0.1, -0.05) is 66.2 Å². The molecule has 8 nitrogen and oxygen atoms in total. The smallest absolute Gasteiger partial charge is 0.271 e. The first-order valence-electron chi connectivity index (χ1n) is 10.6. The molecule has 0 N–H and O–H groups in total. The van der Waals surface area contributed by atoms with Crippen LogP contribution in [0.4, 0.5) is 11.4 Å². The van der Waals surface area contributed by atoms with Crippen LogP contribution in [0, 0.1) is 23.0 Å². The zero-order valence-electron chi connectivity index (χ0n) is 17.8. The van der Waals surface area contributed by atoms with Gasteiger partial charge in [-0.25, -0.2) is 5.06 Å². The molecule has 2 heterocycles. The molecule has 3 aromatic rings. The number of imide groups is 1. The van der Waals surface area contributed by atoms with E-state index in [-0.39, 0.29) is 18.1 Å². The van der Waals surface area contributed by atoms with E-state index < -0.39 is 28.9 Å². The number of hydroxylamine groups is 1. The van der Waals surface area contributed by atoms with Gasteiger partial charge in [-0.05, 0) is 24.1 Å². The van der Waals surface area contributed by atoms with E-state index in [2.05, 4.69) is 0 Å². The number of hydrogen-bond donors (Lipinski definition) is 0. The molecule has 0 aromatic heterocycles. The predicted molar refractivity (Wildman–Crippen MR) is 120 cm³/mol. The zero-order valence-corrected chi connectivity index (χ0v) is 17.8. The summed E-state index contributed by atoms with van der Waals surface area (Å²) in [7, 11) is 0. The van der Waals surface area contributed by atoms with Gasteiger partial charge in [-0.2, -0.15) is 0 Å². The first-order valence-corrected chi connectivity index (χ1v) is 10.6. The molecule has 2 saturated heterocycles. The summed E-state index contributed by atoms with van der Waals surface area (Å²) in [4.78, 5) is 44.8. The SMILES string of the molecule is Cc1ccc([C@H]2[C@H]3C(=O)N(Cc4ccccc4)C(=O)[C@@H]3ON2c2cccc([N+](=O)[O-])c2)cc1. The maximum Gasteiger partial charge on any atom is 0.271 e. The third kappa shape index (κ3) is 3.64. The first-order chi connectivity index (χ1) is 15.9. The largest absolute Gasteiger partial charge is 0.275 e. The molecule has 3 atom stereocenters.